The molecule has 0 fully saturated rings. The van der Waals surface area contributed by atoms with Crippen LogP contribution < -0.4 is 4.74 Å². The third-order valence-electron chi connectivity index (χ3n) is 1.58. The molecule has 0 saturated carbocycles. The van der Waals surface area contributed by atoms with E-state index in [9.17, 15) is 4.79 Å². The molecule has 0 aliphatic heterocycles. The fourth-order valence-corrected chi connectivity index (χ4v) is 1.65. The van der Waals surface area contributed by atoms with E-state index in [1.807, 2.05) is 0 Å². The number of hydrogen-bond donors (Lipinski definition) is 1. The lowest BCUT2D eigenvalue weighted by atomic mass is 10.5. The van der Waals surface area contributed by atoms with Gasteiger partial charge in [0.15, 0.2) is 0 Å². The summed E-state index contributed by atoms with van der Waals surface area (Å²) in [5, 5.41) is 8.23. The number of carboxylic acids is 1. The number of rotatable bonds is 4. The Morgan fingerprint density at radius 3 is 3.00 bits per heavy atom. The lowest BCUT2D eigenvalue weighted by Crippen LogP contribution is -2.10. The zero-order valence-electron chi connectivity index (χ0n) is 7.93. The standard InChI is InChI=1S/C9H11NO3S/c1-6(9(11)12)14-7-3-4-10-8(5-7)13-2/h3-6H,1-2H3,(H,11,12). The number of carbonyl (C=O) groups is 1. The maximum Gasteiger partial charge on any atom is 0.316 e. The van der Waals surface area contributed by atoms with Gasteiger partial charge in [0.05, 0.1) is 7.11 Å². The average molecular weight is 213 g/mol. The smallest absolute Gasteiger partial charge is 0.316 e. The van der Waals surface area contributed by atoms with Crippen molar-refractivity contribution in [2.24, 2.45) is 0 Å². The van der Waals surface area contributed by atoms with Crippen LogP contribution in [0.15, 0.2) is 23.2 Å². The molecule has 0 spiro atoms. The van der Waals surface area contributed by atoms with Crippen LogP contribution in [-0.2, 0) is 4.79 Å². The van der Waals surface area contributed by atoms with E-state index < -0.39 is 11.2 Å². The fraction of sp³-hybridized carbons (Fsp3) is 0.333. The zero-order valence-corrected chi connectivity index (χ0v) is 8.75. The number of hydrogen-bond acceptors (Lipinski definition) is 4. The summed E-state index contributed by atoms with van der Waals surface area (Å²) >= 11 is 1.26. The third kappa shape index (κ3) is 2.92. The summed E-state index contributed by atoms with van der Waals surface area (Å²) in [6.07, 6.45) is 1.59. The second kappa shape index (κ2) is 4.85. The van der Waals surface area contributed by atoms with Gasteiger partial charge in [0.1, 0.15) is 5.25 Å². The van der Waals surface area contributed by atoms with Gasteiger partial charge in [0.25, 0.3) is 0 Å². The molecule has 4 nitrogen and oxygen atoms in total. The highest BCUT2D eigenvalue weighted by atomic mass is 32.2. The van der Waals surface area contributed by atoms with Gasteiger partial charge >= 0.3 is 5.97 Å². The molecule has 5 heteroatoms. The number of ether oxygens (including phenoxy) is 1. The number of aromatic nitrogens is 1. The van der Waals surface area contributed by atoms with E-state index in [2.05, 4.69) is 4.98 Å². The van der Waals surface area contributed by atoms with Crippen molar-refractivity contribution in [3.63, 3.8) is 0 Å². The van der Waals surface area contributed by atoms with Gasteiger partial charge < -0.3 is 9.84 Å². The first-order valence-corrected chi connectivity index (χ1v) is 4.91. The first-order valence-electron chi connectivity index (χ1n) is 4.03. The minimum Gasteiger partial charge on any atom is -0.481 e. The van der Waals surface area contributed by atoms with Gasteiger partial charge in [-0.05, 0) is 13.0 Å². The van der Waals surface area contributed by atoms with Crippen LogP contribution in [0.5, 0.6) is 5.88 Å². The maximum atomic E-state index is 10.6. The predicted octanol–water partition coefficient (Wildman–Crippen LogP) is 1.66. The number of pyridine rings is 1. The molecule has 1 unspecified atom stereocenters. The summed E-state index contributed by atoms with van der Waals surface area (Å²) < 4.78 is 4.93. The third-order valence-corrected chi connectivity index (χ3v) is 2.66. The Bertz CT molecular complexity index is 330. The van der Waals surface area contributed by atoms with Crippen molar-refractivity contribution in [1.82, 2.24) is 4.98 Å². The van der Waals surface area contributed by atoms with Crippen molar-refractivity contribution in [3.05, 3.63) is 18.3 Å². The Hall–Kier alpha value is -1.23. The molecule has 1 aromatic heterocycles. The molecule has 0 amide bonds. The quantitative estimate of drug-likeness (QED) is 0.771. The molecule has 0 radical (unpaired) electrons. The van der Waals surface area contributed by atoms with Crippen molar-refractivity contribution >= 4 is 17.7 Å². The van der Waals surface area contributed by atoms with Crippen LogP contribution in [0.4, 0.5) is 0 Å². The molecule has 0 bridgehead atoms. The predicted molar refractivity (Wildman–Crippen MR) is 53.7 cm³/mol. The van der Waals surface area contributed by atoms with Crippen molar-refractivity contribution in [2.45, 2.75) is 17.1 Å². The van der Waals surface area contributed by atoms with E-state index in [1.54, 1.807) is 25.3 Å². The Labute approximate surface area is 86.3 Å². The Balaban J connectivity index is 2.71. The lowest BCUT2D eigenvalue weighted by molar-refractivity contribution is -0.136. The number of thioether (sulfide) groups is 1. The van der Waals surface area contributed by atoms with Crippen LogP contribution in [0.25, 0.3) is 0 Å². The molecule has 76 valence electrons. The van der Waals surface area contributed by atoms with Crippen molar-refractivity contribution < 1.29 is 14.6 Å². The molecule has 1 atom stereocenters. The molecular formula is C9H11NO3S. The lowest BCUT2D eigenvalue weighted by Gasteiger charge is -2.06. The Morgan fingerprint density at radius 2 is 2.43 bits per heavy atom. The molecule has 0 aliphatic rings. The average Bonchev–Trinajstić information content (AvgIpc) is 2.18. The van der Waals surface area contributed by atoms with Crippen molar-refractivity contribution in [1.29, 1.82) is 0 Å². The maximum absolute atomic E-state index is 10.6. The number of carboxylic acid groups (broad SMARTS) is 1. The Morgan fingerprint density at radius 1 is 1.71 bits per heavy atom. The molecule has 0 saturated heterocycles. The molecule has 1 N–H and O–H groups in total. The van der Waals surface area contributed by atoms with Gasteiger partial charge in [-0.25, -0.2) is 4.98 Å². The highest BCUT2D eigenvalue weighted by molar-refractivity contribution is 8.00. The molecule has 1 heterocycles. The number of aliphatic carboxylic acids is 1. The summed E-state index contributed by atoms with van der Waals surface area (Å²) in [7, 11) is 1.53. The molecular weight excluding hydrogens is 202 g/mol. The van der Waals surface area contributed by atoms with Crippen LogP contribution in [0.2, 0.25) is 0 Å². The summed E-state index contributed by atoms with van der Waals surface area (Å²) in [5.41, 5.74) is 0. The SMILES string of the molecule is COc1cc(SC(C)C(=O)O)ccn1. The van der Waals surface area contributed by atoms with Crippen LogP contribution in [0, 0.1) is 0 Å². The number of methoxy groups -OCH3 is 1. The molecule has 0 aliphatic carbocycles. The summed E-state index contributed by atoms with van der Waals surface area (Å²) in [5.74, 6) is -0.335. The van der Waals surface area contributed by atoms with Crippen LogP contribution in [-0.4, -0.2) is 28.4 Å². The van der Waals surface area contributed by atoms with E-state index in [0.717, 1.165) is 4.90 Å². The minimum absolute atomic E-state index is 0.470. The van der Waals surface area contributed by atoms with Gasteiger partial charge in [-0.3, -0.25) is 4.79 Å². The van der Waals surface area contributed by atoms with Gasteiger partial charge in [0, 0.05) is 17.2 Å². The first-order chi connectivity index (χ1) is 6.63. The number of nitrogens with zero attached hydrogens (tertiary/aromatic N) is 1. The van der Waals surface area contributed by atoms with E-state index in [4.69, 9.17) is 9.84 Å². The highest BCUT2D eigenvalue weighted by Gasteiger charge is 2.12. The van der Waals surface area contributed by atoms with Crippen molar-refractivity contribution in [3.8, 4) is 5.88 Å². The second-order valence-electron chi connectivity index (χ2n) is 2.63. The molecule has 1 rings (SSSR count). The monoisotopic (exact) mass is 213 g/mol. The van der Waals surface area contributed by atoms with Gasteiger partial charge in [-0.1, -0.05) is 0 Å². The molecule has 1 aromatic rings. The first kappa shape index (κ1) is 10.8. The van der Waals surface area contributed by atoms with E-state index in [1.165, 1.54) is 18.9 Å². The largest absolute Gasteiger partial charge is 0.481 e. The summed E-state index contributed by atoms with van der Waals surface area (Å²) in [6.45, 7) is 1.64. The van der Waals surface area contributed by atoms with Crippen molar-refractivity contribution in [2.75, 3.05) is 7.11 Å². The summed E-state index contributed by atoms with van der Waals surface area (Å²) in [6, 6.07) is 3.47. The Kier molecular flexibility index (Phi) is 3.76. The van der Waals surface area contributed by atoms with Crippen LogP contribution in [0.3, 0.4) is 0 Å². The van der Waals surface area contributed by atoms with E-state index in [-0.39, 0.29) is 0 Å². The van der Waals surface area contributed by atoms with E-state index >= 15 is 0 Å². The topological polar surface area (TPSA) is 59.4 Å². The minimum atomic E-state index is -0.828. The molecule has 14 heavy (non-hydrogen) atoms. The van der Waals surface area contributed by atoms with Gasteiger partial charge in [-0.15, -0.1) is 11.8 Å². The van der Waals surface area contributed by atoms with Gasteiger partial charge in [0.2, 0.25) is 5.88 Å². The van der Waals surface area contributed by atoms with Crippen LogP contribution in [0.1, 0.15) is 6.92 Å². The van der Waals surface area contributed by atoms with Gasteiger partial charge in [-0.2, -0.15) is 0 Å². The fourth-order valence-electron chi connectivity index (χ4n) is 0.831. The zero-order chi connectivity index (χ0) is 10.6. The van der Waals surface area contributed by atoms with Crippen LogP contribution >= 0.6 is 11.8 Å². The molecule has 0 aromatic carbocycles. The normalized spacial score (nSPS) is 12.1. The second-order valence-corrected chi connectivity index (χ2v) is 4.05. The highest BCUT2D eigenvalue weighted by Crippen LogP contribution is 2.25. The summed E-state index contributed by atoms with van der Waals surface area (Å²) in [4.78, 5) is 15.4. The van der Waals surface area contributed by atoms with E-state index in [0.29, 0.717) is 5.88 Å².